The van der Waals surface area contributed by atoms with Gasteiger partial charge >= 0.3 is 0 Å². The van der Waals surface area contributed by atoms with E-state index in [1.807, 2.05) is 43.3 Å². The summed E-state index contributed by atoms with van der Waals surface area (Å²) in [6.45, 7) is 2.03. The maximum Gasteiger partial charge on any atom is 0.196 e. The third kappa shape index (κ3) is 2.34. The van der Waals surface area contributed by atoms with E-state index in [4.69, 9.17) is 0 Å². The van der Waals surface area contributed by atoms with Crippen LogP contribution in [0.1, 0.15) is 21.5 Å². The highest BCUT2D eigenvalue weighted by Crippen LogP contribution is 2.27. The predicted molar refractivity (Wildman–Crippen MR) is 88.3 cm³/mol. The molecule has 0 aliphatic carbocycles. The second-order valence-corrected chi connectivity index (χ2v) is 6.47. The number of aromatic amines is 1. The van der Waals surface area contributed by atoms with Crippen molar-refractivity contribution in [1.29, 1.82) is 0 Å². The summed E-state index contributed by atoms with van der Waals surface area (Å²) in [7, 11) is 0. The van der Waals surface area contributed by atoms with Gasteiger partial charge in [-0.15, -0.1) is 0 Å². The van der Waals surface area contributed by atoms with E-state index in [9.17, 15) is 4.79 Å². The molecular weight excluding hydrogens is 382 g/mol. The van der Waals surface area contributed by atoms with Crippen LogP contribution in [0.5, 0.6) is 0 Å². The molecule has 0 atom stereocenters. The predicted octanol–water partition coefficient (Wildman–Crippen LogP) is 5.23. The van der Waals surface area contributed by atoms with Crippen molar-refractivity contribution in [3.63, 3.8) is 0 Å². The fourth-order valence-electron chi connectivity index (χ4n) is 2.24. The molecule has 0 spiro atoms. The molecule has 0 unspecified atom stereocenters. The molecule has 2 aromatic carbocycles. The van der Waals surface area contributed by atoms with Gasteiger partial charge in [-0.25, -0.2) is 0 Å². The molecule has 0 radical (unpaired) electrons. The van der Waals surface area contributed by atoms with Crippen molar-refractivity contribution < 1.29 is 4.79 Å². The minimum absolute atomic E-state index is 0.00766. The molecule has 2 nitrogen and oxygen atoms in total. The van der Waals surface area contributed by atoms with E-state index in [2.05, 4.69) is 36.8 Å². The van der Waals surface area contributed by atoms with E-state index in [-0.39, 0.29) is 5.78 Å². The zero-order valence-corrected chi connectivity index (χ0v) is 13.9. The number of halogens is 2. The van der Waals surface area contributed by atoms with E-state index in [1.165, 1.54) is 5.56 Å². The molecule has 100 valence electrons. The highest BCUT2D eigenvalue weighted by atomic mass is 79.9. The lowest BCUT2D eigenvalue weighted by molar-refractivity contribution is 0.103. The number of hydrogen-bond acceptors (Lipinski definition) is 1. The summed E-state index contributed by atoms with van der Waals surface area (Å²) in [6.07, 6.45) is 1.78. The van der Waals surface area contributed by atoms with Crippen LogP contribution in [0.15, 0.2) is 51.5 Å². The monoisotopic (exact) mass is 391 g/mol. The molecule has 0 fully saturated rings. The average Bonchev–Trinajstić information content (AvgIpc) is 2.83. The number of benzene rings is 2. The SMILES string of the molecule is Cc1ccc2c(C(=O)c3cc(Br)ccc3Br)c[nH]c2c1. The lowest BCUT2D eigenvalue weighted by Gasteiger charge is -2.04. The van der Waals surface area contributed by atoms with Crippen LogP contribution in [0.4, 0.5) is 0 Å². The maximum absolute atomic E-state index is 12.7. The van der Waals surface area contributed by atoms with Crippen molar-refractivity contribution in [2.75, 3.05) is 0 Å². The van der Waals surface area contributed by atoms with Crippen molar-refractivity contribution in [1.82, 2.24) is 4.98 Å². The molecule has 0 bridgehead atoms. The Hall–Kier alpha value is -1.39. The smallest absolute Gasteiger partial charge is 0.196 e. The number of carbonyl (C=O) groups is 1. The fraction of sp³-hybridized carbons (Fsp3) is 0.0625. The number of rotatable bonds is 2. The number of ketones is 1. The fourth-order valence-corrected chi connectivity index (χ4v) is 3.03. The van der Waals surface area contributed by atoms with Gasteiger partial charge < -0.3 is 4.98 Å². The van der Waals surface area contributed by atoms with Crippen LogP contribution in [0, 0.1) is 6.92 Å². The van der Waals surface area contributed by atoms with E-state index < -0.39 is 0 Å². The normalized spacial score (nSPS) is 10.9. The minimum Gasteiger partial charge on any atom is -0.360 e. The van der Waals surface area contributed by atoms with Crippen molar-refractivity contribution in [2.45, 2.75) is 6.92 Å². The van der Waals surface area contributed by atoms with Gasteiger partial charge in [-0.1, -0.05) is 44.0 Å². The lowest BCUT2D eigenvalue weighted by atomic mass is 10.0. The summed E-state index contributed by atoms with van der Waals surface area (Å²) in [5, 5.41) is 0.951. The van der Waals surface area contributed by atoms with Crippen molar-refractivity contribution in [3.8, 4) is 0 Å². The zero-order chi connectivity index (χ0) is 14.3. The highest BCUT2D eigenvalue weighted by Gasteiger charge is 2.17. The Balaban J connectivity index is 2.15. The summed E-state index contributed by atoms with van der Waals surface area (Å²) in [6, 6.07) is 11.7. The molecule has 1 heterocycles. The number of aryl methyl sites for hydroxylation is 1. The first kappa shape index (κ1) is 13.6. The van der Waals surface area contributed by atoms with Gasteiger partial charge in [0.05, 0.1) is 0 Å². The molecule has 3 aromatic rings. The quantitative estimate of drug-likeness (QED) is 0.595. The van der Waals surface area contributed by atoms with Gasteiger partial charge in [0.15, 0.2) is 5.78 Å². The average molecular weight is 393 g/mol. The Morgan fingerprint density at radius 2 is 1.85 bits per heavy atom. The summed E-state index contributed by atoms with van der Waals surface area (Å²) in [4.78, 5) is 15.9. The van der Waals surface area contributed by atoms with E-state index in [0.29, 0.717) is 11.1 Å². The van der Waals surface area contributed by atoms with Gasteiger partial charge in [0.1, 0.15) is 0 Å². The van der Waals surface area contributed by atoms with Crippen molar-refractivity contribution in [2.24, 2.45) is 0 Å². The molecule has 0 saturated carbocycles. The minimum atomic E-state index is 0.00766. The number of H-pyrrole nitrogens is 1. The summed E-state index contributed by atoms with van der Waals surface area (Å²) < 4.78 is 1.69. The van der Waals surface area contributed by atoms with E-state index in [0.717, 1.165) is 19.8 Å². The molecule has 3 rings (SSSR count). The largest absolute Gasteiger partial charge is 0.360 e. The first-order valence-corrected chi connectivity index (χ1v) is 7.72. The highest BCUT2D eigenvalue weighted by molar-refractivity contribution is 9.11. The number of aromatic nitrogens is 1. The van der Waals surface area contributed by atoms with Crippen molar-refractivity contribution >= 4 is 48.5 Å². The molecule has 0 aliphatic heterocycles. The van der Waals surface area contributed by atoms with Crippen LogP contribution in [0.3, 0.4) is 0 Å². The maximum atomic E-state index is 12.7. The summed E-state index contributed by atoms with van der Waals surface area (Å²) in [5.74, 6) is 0.00766. The van der Waals surface area contributed by atoms with Gasteiger partial charge in [0.25, 0.3) is 0 Å². The molecule has 1 N–H and O–H groups in total. The summed E-state index contributed by atoms with van der Waals surface area (Å²) >= 11 is 6.85. The Kier molecular flexibility index (Phi) is 3.52. The van der Waals surface area contributed by atoms with Crippen LogP contribution < -0.4 is 0 Å². The number of carbonyl (C=O) groups excluding carboxylic acids is 1. The standard InChI is InChI=1S/C16H11Br2NO/c1-9-2-4-11-13(8-19-15(11)6-9)16(20)12-7-10(17)3-5-14(12)18/h2-8,19H,1H3. The van der Waals surface area contributed by atoms with Crippen molar-refractivity contribution in [3.05, 3.63) is 68.2 Å². The Morgan fingerprint density at radius 1 is 1.05 bits per heavy atom. The second-order valence-electron chi connectivity index (χ2n) is 4.70. The third-order valence-electron chi connectivity index (χ3n) is 3.25. The van der Waals surface area contributed by atoms with Crippen LogP contribution >= 0.6 is 31.9 Å². The molecular formula is C16H11Br2NO. The van der Waals surface area contributed by atoms with Crippen LogP contribution in [0.25, 0.3) is 10.9 Å². The topological polar surface area (TPSA) is 32.9 Å². The van der Waals surface area contributed by atoms with Gasteiger partial charge in [-0.3, -0.25) is 4.79 Å². The Bertz CT molecular complexity index is 820. The number of nitrogens with one attached hydrogen (secondary N) is 1. The van der Waals surface area contributed by atoms with E-state index >= 15 is 0 Å². The first-order chi connectivity index (χ1) is 9.56. The number of fused-ring (bicyclic) bond motifs is 1. The molecule has 0 aliphatic rings. The molecule has 0 saturated heterocycles. The summed E-state index contributed by atoms with van der Waals surface area (Å²) in [5.41, 5.74) is 3.50. The molecule has 20 heavy (non-hydrogen) atoms. The Labute approximate surface area is 133 Å². The third-order valence-corrected chi connectivity index (χ3v) is 4.44. The first-order valence-electron chi connectivity index (χ1n) is 6.14. The van der Waals surface area contributed by atoms with Gasteiger partial charge in [-0.05, 0) is 36.8 Å². The van der Waals surface area contributed by atoms with E-state index in [1.54, 1.807) is 6.20 Å². The van der Waals surface area contributed by atoms with Crippen LogP contribution in [-0.4, -0.2) is 10.8 Å². The number of hydrogen-bond donors (Lipinski definition) is 1. The second kappa shape index (κ2) is 5.19. The molecule has 1 aromatic heterocycles. The van der Waals surface area contributed by atoms with Crippen LogP contribution in [-0.2, 0) is 0 Å². The lowest BCUT2D eigenvalue weighted by Crippen LogP contribution is -2.01. The van der Waals surface area contributed by atoms with Gasteiger partial charge in [-0.2, -0.15) is 0 Å². The molecule has 4 heteroatoms. The molecule has 0 amide bonds. The Morgan fingerprint density at radius 3 is 2.65 bits per heavy atom. The van der Waals surface area contributed by atoms with Gasteiger partial charge in [0.2, 0.25) is 0 Å². The van der Waals surface area contributed by atoms with Crippen LogP contribution in [0.2, 0.25) is 0 Å². The van der Waals surface area contributed by atoms with Gasteiger partial charge in [0, 0.05) is 37.2 Å². The zero-order valence-electron chi connectivity index (χ0n) is 10.7.